The fourth-order valence-corrected chi connectivity index (χ4v) is 1.60. The third-order valence-electron chi connectivity index (χ3n) is 2.69. The first-order chi connectivity index (χ1) is 9.58. The molecule has 0 radical (unpaired) electrons. The molecule has 0 atom stereocenters. The van der Waals surface area contributed by atoms with Crippen LogP contribution < -0.4 is 11.1 Å². The molecular formula is C16H24N2O2. The van der Waals surface area contributed by atoms with Crippen LogP contribution in [0.2, 0.25) is 0 Å². The number of rotatable bonds is 8. The van der Waals surface area contributed by atoms with Crippen LogP contribution in [0.25, 0.3) is 6.08 Å². The zero-order chi connectivity index (χ0) is 14.8. The Morgan fingerprint density at radius 2 is 2.00 bits per heavy atom. The highest BCUT2D eigenvalue weighted by atomic mass is 16.5. The Morgan fingerprint density at radius 1 is 1.30 bits per heavy atom. The highest BCUT2D eigenvalue weighted by Crippen LogP contribution is 2.06. The predicted molar refractivity (Wildman–Crippen MR) is 83.2 cm³/mol. The molecule has 20 heavy (non-hydrogen) atoms. The summed E-state index contributed by atoms with van der Waals surface area (Å²) in [5, 5.41) is 2.85. The van der Waals surface area contributed by atoms with Gasteiger partial charge in [0.15, 0.2) is 0 Å². The Hall–Kier alpha value is -1.81. The quantitative estimate of drug-likeness (QED) is 0.436. The molecule has 0 fully saturated rings. The van der Waals surface area contributed by atoms with Gasteiger partial charge in [0.2, 0.25) is 5.91 Å². The van der Waals surface area contributed by atoms with Gasteiger partial charge in [-0.2, -0.15) is 0 Å². The van der Waals surface area contributed by atoms with Gasteiger partial charge in [0.05, 0.1) is 6.10 Å². The normalized spacial score (nSPS) is 11.2. The Bertz CT molecular complexity index is 425. The summed E-state index contributed by atoms with van der Waals surface area (Å²) in [4.78, 5) is 11.6. The maximum absolute atomic E-state index is 11.6. The maximum atomic E-state index is 11.6. The summed E-state index contributed by atoms with van der Waals surface area (Å²) in [5.74, 6) is -0.0772. The van der Waals surface area contributed by atoms with E-state index in [1.54, 1.807) is 6.08 Å². The van der Waals surface area contributed by atoms with Gasteiger partial charge in [0.1, 0.15) is 0 Å². The summed E-state index contributed by atoms with van der Waals surface area (Å²) >= 11 is 0. The van der Waals surface area contributed by atoms with Gasteiger partial charge >= 0.3 is 0 Å². The van der Waals surface area contributed by atoms with Crippen LogP contribution in [0.5, 0.6) is 0 Å². The lowest BCUT2D eigenvalue weighted by molar-refractivity contribution is -0.116. The molecule has 0 aliphatic rings. The molecule has 0 saturated carbocycles. The highest BCUT2D eigenvalue weighted by Gasteiger charge is 1.96. The van der Waals surface area contributed by atoms with Crippen molar-refractivity contribution in [3.05, 3.63) is 35.9 Å². The Kier molecular flexibility index (Phi) is 7.43. The molecule has 0 unspecified atom stereocenters. The van der Waals surface area contributed by atoms with Gasteiger partial charge in [-0.15, -0.1) is 0 Å². The molecule has 0 bridgehead atoms. The highest BCUT2D eigenvalue weighted by molar-refractivity contribution is 5.91. The molecule has 3 N–H and O–H groups in total. The first-order valence-electron chi connectivity index (χ1n) is 7.01. The minimum atomic E-state index is -0.0772. The number of anilines is 1. The van der Waals surface area contributed by atoms with E-state index in [1.807, 2.05) is 38.1 Å². The summed E-state index contributed by atoms with van der Waals surface area (Å²) in [5.41, 5.74) is 7.27. The minimum Gasteiger partial charge on any atom is -0.399 e. The van der Waals surface area contributed by atoms with Crippen molar-refractivity contribution in [2.75, 3.05) is 18.9 Å². The van der Waals surface area contributed by atoms with Gasteiger partial charge < -0.3 is 15.8 Å². The fraction of sp³-hybridized carbons (Fsp3) is 0.438. The number of hydrogen-bond donors (Lipinski definition) is 2. The van der Waals surface area contributed by atoms with E-state index in [1.165, 1.54) is 6.08 Å². The van der Waals surface area contributed by atoms with E-state index in [0.29, 0.717) is 6.54 Å². The number of amides is 1. The number of nitrogens with two attached hydrogens (primary N) is 1. The molecule has 110 valence electrons. The van der Waals surface area contributed by atoms with E-state index in [2.05, 4.69) is 5.32 Å². The van der Waals surface area contributed by atoms with Crippen LogP contribution in [-0.4, -0.2) is 25.2 Å². The standard InChI is InChI=1S/C16H24N2O2/c1-13(2)20-12-4-3-11-18-16(19)10-7-14-5-8-15(17)9-6-14/h5-10,13H,3-4,11-12,17H2,1-2H3,(H,18,19)/b10-7+. The van der Waals surface area contributed by atoms with Crippen molar-refractivity contribution in [1.29, 1.82) is 0 Å². The molecule has 0 saturated heterocycles. The van der Waals surface area contributed by atoms with Crippen LogP contribution in [0.15, 0.2) is 30.3 Å². The van der Waals surface area contributed by atoms with Gasteiger partial charge in [-0.3, -0.25) is 4.79 Å². The van der Waals surface area contributed by atoms with Crippen LogP contribution in [0.3, 0.4) is 0 Å². The second-order valence-electron chi connectivity index (χ2n) is 4.92. The van der Waals surface area contributed by atoms with E-state index in [4.69, 9.17) is 10.5 Å². The van der Waals surface area contributed by atoms with Gasteiger partial charge in [0.25, 0.3) is 0 Å². The van der Waals surface area contributed by atoms with E-state index in [9.17, 15) is 4.79 Å². The smallest absolute Gasteiger partial charge is 0.243 e. The number of unbranched alkanes of at least 4 members (excludes halogenated alkanes) is 1. The number of carbonyl (C=O) groups is 1. The first kappa shape index (κ1) is 16.2. The first-order valence-corrected chi connectivity index (χ1v) is 7.01. The second-order valence-corrected chi connectivity index (χ2v) is 4.92. The molecule has 0 heterocycles. The molecule has 0 aliphatic carbocycles. The summed E-state index contributed by atoms with van der Waals surface area (Å²) in [6.07, 6.45) is 5.47. The summed E-state index contributed by atoms with van der Waals surface area (Å²) in [6, 6.07) is 7.38. The topological polar surface area (TPSA) is 64.3 Å². The Labute approximate surface area is 121 Å². The van der Waals surface area contributed by atoms with Crippen molar-refractivity contribution in [1.82, 2.24) is 5.32 Å². The maximum Gasteiger partial charge on any atom is 0.243 e. The van der Waals surface area contributed by atoms with Crippen molar-refractivity contribution in [3.8, 4) is 0 Å². The summed E-state index contributed by atoms with van der Waals surface area (Å²) in [6.45, 7) is 5.45. The number of ether oxygens (including phenoxy) is 1. The van der Waals surface area contributed by atoms with Crippen LogP contribution in [0.4, 0.5) is 5.69 Å². The third-order valence-corrected chi connectivity index (χ3v) is 2.69. The molecular weight excluding hydrogens is 252 g/mol. The molecule has 1 aromatic carbocycles. The van der Waals surface area contributed by atoms with Crippen molar-refractivity contribution in [2.24, 2.45) is 0 Å². The summed E-state index contributed by atoms with van der Waals surface area (Å²) < 4.78 is 5.43. The lowest BCUT2D eigenvalue weighted by atomic mass is 10.2. The fourth-order valence-electron chi connectivity index (χ4n) is 1.60. The van der Waals surface area contributed by atoms with Crippen molar-refractivity contribution in [2.45, 2.75) is 32.8 Å². The zero-order valence-corrected chi connectivity index (χ0v) is 12.3. The molecule has 1 aromatic rings. The van der Waals surface area contributed by atoms with E-state index in [-0.39, 0.29) is 12.0 Å². The summed E-state index contributed by atoms with van der Waals surface area (Å²) in [7, 11) is 0. The average Bonchev–Trinajstić information content (AvgIpc) is 2.41. The minimum absolute atomic E-state index is 0.0772. The van der Waals surface area contributed by atoms with E-state index < -0.39 is 0 Å². The largest absolute Gasteiger partial charge is 0.399 e. The molecule has 4 nitrogen and oxygen atoms in total. The average molecular weight is 276 g/mol. The molecule has 4 heteroatoms. The van der Waals surface area contributed by atoms with Crippen LogP contribution in [-0.2, 0) is 9.53 Å². The molecule has 0 spiro atoms. The molecule has 1 rings (SSSR count). The van der Waals surface area contributed by atoms with Crippen LogP contribution in [0.1, 0.15) is 32.3 Å². The SMILES string of the molecule is CC(C)OCCCCNC(=O)/C=C/c1ccc(N)cc1. The number of nitrogen functional groups attached to an aromatic ring is 1. The molecule has 0 aromatic heterocycles. The monoisotopic (exact) mass is 276 g/mol. The van der Waals surface area contributed by atoms with Crippen LogP contribution in [0, 0.1) is 0 Å². The third kappa shape index (κ3) is 7.59. The number of hydrogen-bond acceptors (Lipinski definition) is 3. The van der Waals surface area contributed by atoms with E-state index >= 15 is 0 Å². The molecule has 1 amide bonds. The van der Waals surface area contributed by atoms with Crippen molar-refractivity contribution in [3.63, 3.8) is 0 Å². The lowest BCUT2D eigenvalue weighted by Gasteiger charge is -2.07. The van der Waals surface area contributed by atoms with Gasteiger partial charge in [0, 0.05) is 24.9 Å². The van der Waals surface area contributed by atoms with Gasteiger partial charge in [-0.1, -0.05) is 12.1 Å². The Morgan fingerprint density at radius 3 is 2.65 bits per heavy atom. The van der Waals surface area contributed by atoms with Crippen molar-refractivity contribution >= 4 is 17.7 Å². The second kappa shape index (κ2) is 9.15. The van der Waals surface area contributed by atoms with Crippen molar-refractivity contribution < 1.29 is 9.53 Å². The lowest BCUT2D eigenvalue weighted by Crippen LogP contribution is -2.22. The van der Waals surface area contributed by atoms with E-state index in [0.717, 1.165) is 30.7 Å². The van der Waals surface area contributed by atoms with Gasteiger partial charge in [-0.05, 0) is 50.5 Å². The number of carbonyl (C=O) groups excluding carboxylic acids is 1. The van der Waals surface area contributed by atoms with Gasteiger partial charge in [-0.25, -0.2) is 0 Å². The van der Waals surface area contributed by atoms with Crippen LogP contribution >= 0.6 is 0 Å². The number of benzene rings is 1. The zero-order valence-electron chi connectivity index (χ0n) is 12.3. The number of nitrogens with one attached hydrogen (secondary N) is 1. The Balaban J connectivity index is 2.15. The predicted octanol–water partition coefficient (Wildman–Crippen LogP) is 2.60. The molecule has 0 aliphatic heterocycles.